The number of carbonyl (C=O) groups is 3. The van der Waals surface area contributed by atoms with Crippen LogP contribution >= 0.6 is 0 Å². The van der Waals surface area contributed by atoms with Crippen molar-refractivity contribution in [2.45, 2.75) is 33.0 Å². The minimum Gasteiger partial charge on any atom is -0.476 e. The number of benzene rings is 2. The third kappa shape index (κ3) is 5.08. The molecule has 0 unspecified atom stereocenters. The Morgan fingerprint density at radius 2 is 1.87 bits per heavy atom. The Morgan fingerprint density at radius 1 is 1.13 bits per heavy atom. The van der Waals surface area contributed by atoms with Gasteiger partial charge in [0.25, 0.3) is 5.91 Å². The van der Waals surface area contributed by atoms with Gasteiger partial charge in [-0.15, -0.1) is 0 Å². The third-order valence-electron chi connectivity index (χ3n) is 4.43. The van der Waals surface area contributed by atoms with Gasteiger partial charge in [0.15, 0.2) is 5.60 Å². The molecule has 30 heavy (non-hydrogen) atoms. The molecular formula is C22H24N2O6. The first-order valence-electron chi connectivity index (χ1n) is 9.54. The van der Waals surface area contributed by atoms with Gasteiger partial charge in [0, 0.05) is 26.1 Å². The maximum Gasteiger partial charge on any atom is 0.407 e. The molecule has 0 saturated heterocycles. The summed E-state index contributed by atoms with van der Waals surface area (Å²) < 4.78 is 16.1. The number of nitrogens with one attached hydrogen (secondary N) is 1. The van der Waals surface area contributed by atoms with Crippen molar-refractivity contribution in [1.29, 1.82) is 0 Å². The van der Waals surface area contributed by atoms with Crippen molar-refractivity contribution in [3.63, 3.8) is 0 Å². The van der Waals surface area contributed by atoms with Crippen LogP contribution in [0.5, 0.6) is 11.5 Å². The fourth-order valence-corrected chi connectivity index (χ4v) is 3.04. The normalized spacial score (nSPS) is 14.4. The summed E-state index contributed by atoms with van der Waals surface area (Å²) >= 11 is 0. The van der Waals surface area contributed by atoms with Crippen molar-refractivity contribution in [3.05, 3.63) is 54.1 Å². The van der Waals surface area contributed by atoms with Gasteiger partial charge in [-0.2, -0.15) is 0 Å². The van der Waals surface area contributed by atoms with E-state index in [1.165, 1.54) is 11.8 Å². The van der Waals surface area contributed by atoms with Gasteiger partial charge in [-0.3, -0.25) is 9.59 Å². The molecule has 1 aliphatic rings. The van der Waals surface area contributed by atoms with Crippen LogP contribution in [0.4, 0.5) is 10.5 Å². The number of hydrogen-bond acceptors (Lipinski definition) is 6. The molecule has 0 bridgehead atoms. The highest BCUT2D eigenvalue weighted by Gasteiger charge is 2.41. The van der Waals surface area contributed by atoms with Crippen molar-refractivity contribution in [2.24, 2.45) is 0 Å². The zero-order chi connectivity index (χ0) is 21.7. The van der Waals surface area contributed by atoms with Crippen LogP contribution in [0, 0.1) is 0 Å². The average molecular weight is 412 g/mol. The lowest BCUT2D eigenvalue weighted by Crippen LogP contribution is -2.54. The molecule has 2 aromatic carbocycles. The third-order valence-corrected chi connectivity index (χ3v) is 4.43. The summed E-state index contributed by atoms with van der Waals surface area (Å²) in [5.74, 6) is 0.0573. The van der Waals surface area contributed by atoms with Gasteiger partial charge in [0.05, 0.1) is 5.69 Å². The van der Waals surface area contributed by atoms with Gasteiger partial charge in [-0.25, -0.2) is 4.79 Å². The number of esters is 1. The average Bonchev–Trinajstić information content (AvgIpc) is 2.70. The summed E-state index contributed by atoms with van der Waals surface area (Å²) in [7, 11) is 0. The number of carbonyl (C=O) groups excluding carboxylic acids is 3. The van der Waals surface area contributed by atoms with Crippen LogP contribution in [0.2, 0.25) is 0 Å². The second-order valence-corrected chi connectivity index (χ2v) is 7.28. The van der Waals surface area contributed by atoms with Gasteiger partial charge in [0.1, 0.15) is 18.1 Å². The Morgan fingerprint density at radius 3 is 2.57 bits per heavy atom. The van der Waals surface area contributed by atoms with Crippen molar-refractivity contribution in [3.8, 4) is 11.5 Å². The van der Waals surface area contributed by atoms with Gasteiger partial charge in [-0.1, -0.05) is 30.3 Å². The molecule has 8 heteroatoms. The smallest absolute Gasteiger partial charge is 0.407 e. The molecule has 0 fully saturated rings. The Labute approximate surface area is 174 Å². The number of rotatable bonds is 6. The van der Waals surface area contributed by atoms with Gasteiger partial charge >= 0.3 is 12.1 Å². The van der Waals surface area contributed by atoms with Crippen LogP contribution in [0.1, 0.15) is 26.3 Å². The SMILES string of the molecule is CC(=O)Oc1ccc2c(c1)N(CCNC(=O)OCc1ccccc1)C(=O)C(C)(C)O2. The maximum absolute atomic E-state index is 12.9. The lowest BCUT2D eigenvalue weighted by atomic mass is 10.0. The van der Waals surface area contributed by atoms with Crippen molar-refractivity contribution in [2.75, 3.05) is 18.0 Å². The zero-order valence-corrected chi connectivity index (χ0v) is 17.1. The molecule has 1 aliphatic heterocycles. The Bertz CT molecular complexity index is 942. The highest BCUT2D eigenvalue weighted by molar-refractivity contribution is 6.02. The van der Waals surface area contributed by atoms with Gasteiger partial charge in [-0.05, 0) is 31.5 Å². The predicted molar refractivity (Wildman–Crippen MR) is 109 cm³/mol. The maximum atomic E-state index is 12.9. The molecule has 2 aromatic rings. The summed E-state index contributed by atoms with van der Waals surface area (Å²) in [6.07, 6.45) is -0.576. The summed E-state index contributed by atoms with van der Waals surface area (Å²) in [6, 6.07) is 14.2. The van der Waals surface area contributed by atoms with Crippen LogP contribution in [0.25, 0.3) is 0 Å². The number of alkyl carbamates (subject to hydrolysis) is 1. The number of nitrogens with zero attached hydrogens (tertiary/aromatic N) is 1. The number of ether oxygens (including phenoxy) is 3. The minimum atomic E-state index is -1.07. The Balaban J connectivity index is 1.64. The fourth-order valence-electron chi connectivity index (χ4n) is 3.04. The standard InChI is InChI=1S/C22H24N2O6/c1-15(25)29-17-9-10-19-18(13-17)24(20(26)22(2,3)30-19)12-11-23-21(27)28-14-16-7-5-4-6-8-16/h4-10,13H,11-12,14H2,1-3H3,(H,23,27). The molecule has 0 saturated carbocycles. The molecule has 1 N–H and O–H groups in total. The highest BCUT2D eigenvalue weighted by atomic mass is 16.5. The van der Waals surface area contributed by atoms with E-state index < -0.39 is 17.7 Å². The molecule has 1 heterocycles. The fraction of sp³-hybridized carbons (Fsp3) is 0.318. The first kappa shape index (κ1) is 21.2. The van der Waals surface area contributed by atoms with E-state index in [1.54, 1.807) is 32.0 Å². The van der Waals surface area contributed by atoms with Crippen LogP contribution in [0.3, 0.4) is 0 Å². The lowest BCUT2D eigenvalue weighted by Gasteiger charge is -2.38. The van der Waals surface area contributed by atoms with Crippen LogP contribution in [0.15, 0.2) is 48.5 Å². The molecule has 3 rings (SSSR count). The van der Waals surface area contributed by atoms with Gasteiger partial charge < -0.3 is 24.4 Å². The van der Waals surface area contributed by atoms with Crippen LogP contribution in [-0.4, -0.2) is 36.7 Å². The van der Waals surface area contributed by atoms with E-state index in [2.05, 4.69) is 5.32 Å². The first-order valence-corrected chi connectivity index (χ1v) is 9.54. The number of fused-ring (bicyclic) bond motifs is 1. The topological polar surface area (TPSA) is 94.2 Å². The van der Waals surface area contributed by atoms with Crippen molar-refractivity contribution < 1.29 is 28.6 Å². The first-order chi connectivity index (χ1) is 14.3. The molecular weight excluding hydrogens is 388 g/mol. The van der Waals surface area contributed by atoms with Crippen molar-refractivity contribution >= 4 is 23.7 Å². The molecule has 0 atom stereocenters. The van der Waals surface area contributed by atoms with Crippen molar-refractivity contribution in [1.82, 2.24) is 5.32 Å². The second kappa shape index (κ2) is 8.86. The number of anilines is 1. The van der Waals surface area contributed by atoms with E-state index in [4.69, 9.17) is 14.2 Å². The summed E-state index contributed by atoms with van der Waals surface area (Å²) in [5, 5.41) is 2.64. The number of amides is 2. The van der Waals surface area contributed by atoms with E-state index in [0.717, 1.165) is 5.56 Å². The predicted octanol–water partition coefficient (Wildman–Crippen LogP) is 3.04. The highest BCUT2D eigenvalue weighted by Crippen LogP contribution is 2.39. The second-order valence-electron chi connectivity index (χ2n) is 7.28. The van der Waals surface area contributed by atoms with E-state index >= 15 is 0 Å². The minimum absolute atomic E-state index is 0.158. The lowest BCUT2D eigenvalue weighted by molar-refractivity contribution is -0.132. The largest absolute Gasteiger partial charge is 0.476 e. The Kier molecular flexibility index (Phi) is 6.25. The molecule has 158 valence electrons. The monoisotopic (exact) mass is 412 g/mol. The number of hydrogen-bond donors (Lipinski definition) is 1. The Hall–Kier alpha value is -3.55. The summed E-state index contributed by atoms with van der Waals surface area (Å²) in [4.78, 5) is 37.6. The molecule has 2 amide bonds. The van der Waals surface area contributed by atoms with E-state index in [0.29, 0.717) is 17.2 Å². The molecule has 0 aromatic heterocycles. The summed E-state index contributed by atoms with van der Waals surface area (Å²) in [5.41, 5.74) is 0.284. The molecule has 8 nitrogen and oxygen atoms in total. The molecule has 0 radical (unpaired) electrons. The van der Waals surface area contributed by atoms with E-state index in [-0.39, 0.29) is 25.6 Å². The van der Waals surface area contributed by atoms with Crippen LogP contribution < -0.4 is 19.7 Å². The van der Waals surface area contributed by atoms with E-state index in [9.17, 15) is 14.4 Å². The zero-order valence-electron chi connectivity index (χ0n) is 17.1. The van der Waals surface area contributed by atoms with Gasteiger partial charge in [0.2, 0.25) is 0 Å². The molecule has 0 spiro atoms. The quantitative estimate of drug-likeness (QED) is 0.579. The molecule has 0 aliphatic carbocycles. The van der Waals surface area contributed by atoms with Crippen LogP contribution in [-0.2, 0) is 20.9 Å². The van der Waals surface area contributed by atoms with E-state index in [1.807, 2.05) is 30.3 Å². The summed E-state index contributed by atoms with van der Waals surface area (Å²) in [6.45, 7) is 5.17.